The fourth-order valence-electron chi connectivity index (χ4n) is 2.28. The van der Waals surface area contributed by atoms with E-state index in [1.165, 1.54) is 0 Å². The first-order chi connectivity index (χ1) is 8.22. The van der Waals surface area contributed by atoms with E-state index in [-0.39, 0.29) is 5.91 Å². The molecule has 1 atom stereocenters. The van der Waals surface area contributed by atoms with Crippen molar-refractivity contribution in [3.8, 4) is 0 Å². The normalized spacial score (nSPS) is 19.6. The monoisotopic (exact) mass is 344 g/mol. The molecule has 2 rings (SSSR count). The smallest absolute Gasteiger partial charge is 0.254 e. The van der Waals surface area contributed by atoms with Gasteiger partial charge >= 0.3 is 0 Å². The van der Waals surface area contributed by atoms with E-state index in [4.69, 9.17) is 0 Å². The van der Waals surface area contributed by atoms with Gasteiger partial charge in [-0.1, -0.05) is 12.1 Å². The fraction of sp³-hybridized carbons (Fsp3) is 0.462. The molecule has 1 aliphatic rings. The molecule has 4 heteroatoms. The van der Waals surface area contributed by atoms with Gasteiger partial charge in [-0.05, 0) is 60.7 Å². The Bertz CT molecular complexity index is 408. The van der Waals surface area contributed by atoms with E-state index in [2.05, 4.69) is 27.9 Å². The summed E-state index contributed by atoms with van der Waals surface area (Å²) in [6, 6.07) is 7.79. The Hall–Kier alpha value is -0.620. The van der Waals surface area contributed by atoms with E-state index in [1.54, 1.807) is 0 Å². The number of benzene rings is 1. The van der Waals surface area contributed by atoms with Crippen LogP contribution >= 0.6 is 22.6 Å². The number of nitrogens with zero attached hydrogens (tertiary/aromatic N) is 1. The lowest BCUT2D eigenvalue weighted by atomic mass is 10.1. The maximum absolute atomic E-state index is 12.3. The van der Waals surface area contributed by atoms with E-state index in [1.807, 2.05) is 36.2 Å². The van der Waals surface area contributed by atoms with Crippen LogP contribution in [0.1, 0.15) is 16.8 Å². The third kappa shape index (κ3) is 2.98. The predicted molar refractivity (Wildman–Crippen MR) is 77.1 cm³/mol. The molecule has 3 nitrogen and oxygen atoms in total. The van der Waals surface area contributed by atoms with Crippen LogP contribution in [0.25, 0.3) is 0 Å². The van der Waals surface area contributed by atoms with Crippen LogP contribution in [0, 0.1) is 9.49 Å². The standard InChI is InChI=1S/C13H17IN2O/c1-15-8-10-6-7-16(9-10)13(17)11-4-2-3-5-12(11)14/h2-5,10,15H,6-9H2,1H3. The molecule has 1 unspecified atom stereocenters. The summed E-state index contributed by atoms with van der Waals surface area (Å²) >= 11 is 2.22. The van der Waals surface area contributed by atoms with E-state index >= 15 is 0 Å². The molecule has 0 bridgehead atoms. The number of carbonyl (C=O) groups excluding carboxylic acids is 1. The summed E-state index contributed by atoms with van der Waals surface area (Å²) in [5.74, 6) is 0.777. The second-order valence-corrected chi connectivity index (χ2v) is 5.61. The second-order valence-electron chi connectivity index (χ2n) is 4.44. The van der Waals surface area contributed by atoms with E-state index in [9.17, 15) is 4.79 Å². The summed E-state index contributed by atoms with van der Waals surface area (Å²) in [6.07, 6.45) is 1.11. The van der Waals surface area contributed by atoms with Gasteiger partial charge in [0.05, 0.1) is 5.56 Å². The van der Waals surface area contributed by atoms with Gasteiger partial charge in [-0.15, -0.1) is 0 Å². The van der Waals surface area contributed by atoms with Gasteiger partial charge < -0.3 is 10.2 Å². The molecule has 1 aromatic carbocycles. The summed E-state index contributed by atoms with van der Waals surface area (Å²) in [4.78, 5) is 14.3. The number of hydrogen-bond acceptors (Lipinski definition) is 2. The van der Waals surface area contributed by atoms with Crippen LogP contribution in [0.2, 0.25) is 0 Å². The predicted octanol–water partition coefficient (Wildman–Crippen LogP) is 1.97. The van der Waals surface area contributed by atoms with Gasteiger partial charge in [0.25, 0.3) is 5.91 Å². The molecule has 0 saturated carbocycles. The highest BCUT2D eigenvalue weighted by molar-refractivity contribution is 14.1. The largest absolute Gasteiger partial charge is 0.338 e. The van der Waals surface area contributed by atoms with Crippen molar-refractivity contribution in [2.75, 3.05) is 26.7 Å². The van der Waals surface area contributed by atoms with Crippen molar-refractivity contribution in [2.45, 2.75) is 6.42 Å². The Kier molecular flexibility index (Phi) is 4.39. The molecule has 1 heterocycles. The molecule has 0 radical (unpaired) electrons. The Labute approximate surface area is 116 Å². The van der Waals surface area contributed by atoms with Crippen molar-refractivity contribution in [1.29, 1.82) is 0 Å². The molecule has 1 aliphatic heterocycles. The molecule has 1 N–H and O–H groups in total. The topological polar surface area (TPSA) is 32.3 Å². The number of rotatable bonds is 3. The first-order valence-electron chi connectivity index (χ1n) is 5.90. The van der Waals surface area contributed by atoms with E-state index in [0.29, 0.717) is 5.92 Å². The van der Waals surface area contributed by atoms with Gasteiger partial charge in [0.15, 0.2) is 0 Å². The molecule has 1 aromatic rings. The van der Waals surface area contributed by atoms with Crippen LogP contribution in [-0.2, 0) is 0 Å². The fourth-order valence-corrected chi connectivity index (χ4v) is 2.90. The average Bonchev–Trinajstić information content (AvgIpc) is 2.78. The van der Waals surface area contributed by atoms with E-state index in [0.717, 1.165) is 35.2 Å². The Morgan fingerprint density at radius 3 is 3.00 bits per heavy atom. The van der Waals surface area contributed by atoms with Gasteiger partial charge in [0.2, 0.25) is 0 Å². The molecule has 0 aromatic heterocycles. The minimum Gasteiger partial charge on any atom is -0.338 e. The molecule has 0 spiro atoms. The van der Waals surface area contributed by atoms with E-state index < -0.39 is 0 Å². The number of amides is 1. The van der Waals surface area contributed by atoms with Crippen LogP contribution in [0.3, 0.4) is 0 Å². The molecular weight excluding hydrogens is 327 g/mol. The first-order valence-corrected chi connectivity index (χ1v) is 6.98. The van der Waals surface area contributed by atoms with Crippen LogP contribution in [0.15, 0.2) is 24.3 Å². The van der Waals surface area contributed by atoms with Crippen LogP contribution in [0.4, 0.5) is 0 Å². The second kappa shape index (κ2) is 5.82. The summed E-state index contributed by atoms with van der Waals surface area (Å²) in [7, 11) is 1.96. The molecule has 1 saturated heterocycles. The zero-order valence-electron chi connectivity index (χ0n) is 9.95. The van der Waals surface area contributed by atoms with Crippen LogP contribution in [-0.4, -0.2) is 37.5 Å². The number of hydrogen-bond donors (Lipinski definition) is 1. The zero-order valence-corrected chi connectivity index (χ0v) is 12.1. The van der Waals surface area contributed by atoms with Crippen LogP contribution in [0.5, 0.6) is 0 Å². The maximum atomic E-state index is 12.3. The SMILES string of the molecule is CNCC1CCN(C(=O)c2ccccc2I)C1. The number of halogens is 1. The molecule has 1 fully saturated rings. The highest BCUT2D eigenvalue weighted by Crippen LogP contribution is 2.20. The lowest BCUT2D eigenvalue weighted by Crippen LogP contribution is -2.30. The molecule has 92 valence electrons. The van der Waals surface area contributed by atoms with Gasteiger partial charge in [-0.25, -0.2) is 0 Å². The number of carbonyl (C=O) groups is 1. The summed E-state index contributed by atoms with van der Waals surface area (Å²) in [5, 5.41) is 3.18. The Morgan fingerprint density at radius 1 is 1.53 bits per heavy atom. The van der Waals surface area contributed by atoms with Crippen molar-refractivity contribution < 1.29 is 4.79 Å². The summed E-state index contributed by atoms with van der Waals surface area (Å²) < 4.78 is 1.03. The maximum Gasteiger partial charge on any atom is 0.254 e. The summed E-state index contributed by atoms with van der Waals surface area (Å²) in [5.41, 5.74) is 0.832. The molecule has 1 amide bonds. The van der Waals surface area contributed by atoms with Crippen molar-refractivity contribution in [2.24, 2.45) is 5.92 Å². The third-order valence-electron chi connectivity index (χ3n) is 3.17. The van der Waals surface area contributed by atoms with Gasteiger partial charge in [0.1, 0.15) is 0 Å². The molecule has 17 heavy (non-hydrogen) atoms. The lowest BCUT2D eigenvalue weighted by molar-refractivity contribution is 0.0786. The third-order valence-corrected chi connectivity index (χ3v) is 4.11. The van der Waals surface area contributed by atoms with Gasteiger partial charge in [-0.3, -0.25) is 4.79 Å². The average molecular weight is 344 g/mol. The van der Waals surface area contributed by atoms with Gasteiger partial charge in [0, 0.05) is 16.7 Å². The highest BCUT2D eigenvalue weighted by atomic mass is 127. The Morgan fingerprint density at radius 2 is 2.29 bits per heavy atom. The molecular formula is C13H17IN2O. The minimum atomic E-state index is 0.175. The zero-order chi connectivity index (χ0) is 12.3. The first kappa shape index (κ1) is 12.8. The highest BCUT2D eigenvalue weighted by Gasteiger charge is 2.27. The van der Waals surface area contributed by atoms with Gasteiger partial charge in [-0.2, -0.15) is 0 Å². The quantitative estimate of drug-likeness (QED) is 0.851. The molecule has 0 aliphatic carbocycles. The Balaban J connectivity index is 2.05. The van der Waals surface area contributed by atoms with Crippen molar-refractivity contribution in [1.82, 2.24) is 10.2 Å². The minimum absolute atomic E-state index is 0.175. The summed E-state index contributed by atoms with van der Waals surface area (Å²) in [6.45, 7) is 2.76. The van der Waals surface area contributed by atoms with Crippen molar-refractivity contribution in [3.63, 3.8) is 0 Å². The van der Waals surface area contributed by atoms with Crippen molar-refractivity contribution in [3.05, 3.63) is 33.4 Å². The van der Waals surface area contributed by atoms with Crippen molar-refractivity contribution >= 4 is 28.5 Å². The van der Waals surface area contributed by atoms with Crippen LogP contribution < -0.4 is 5.32 Å². The number of likely N-dealkylation sites (tertiary alicyclic amines) is 1. The number of nitrogens with one attached hydrogen (secondary N) is 1. The lowest BCUT2D eigenvalue weighted by Gasteiger charge is -2.17.